The van der Waals surface area contributed by atoms with E-state index in [1.807, 2.05) is 6.07 Å². The highest BCUT2D eigenvalue weighted by Gasteiger charge is 2.09. The molecule has 1 atom stereocenters. The van der Waals surface area contributed by atoms with Crippen LogP contribution in [0.3, 0.4) is 0 Å². The van der Waals surface area contributed by atoms with E-state index < -0.39 is 0 Å². The number of benzene rings is 1. The molecule has 0 bridgehead atoms. The largest absolute Gasteiger partial charge is 0.382 e. The van der Waals surface area contributed by atoms with Crippen molar-refractivity contribution in [3.05, 3.63) is 35.4 Å². The number of hydrazine groups is 1. The molecule has 1 rings (SSSR count). The topological polar surface area (TPSA) is 56.5 Å². The highest BCUT2D eigenvalue weighted by Crippen LogP contribution is 2.14. The van der Waals surface area contributed by atoms with Crippen molar-refractivity contribution in [2.24, 2.45) is 5.84 Å². The lowest BCUT2D eigenvalue weighted by Gasteiger charge is -2.17. The number of aryl methyl sites for hydroxylation is 1. The van der Waals surface area contributed by atoms with Crippen LogP contribution in [0.5, 0.6) is 0 Å². The molecule has 1 aromatic rings. The van der Waals surface area contributed by atoms with Crippen molar-refractivity contribution < 1.29 is 9.47 Å². The second-order valence-electron chi connectivity index (χ2n) is 3.89. The fourth-order valence-electron chi connectivity index (χ4n) is 1.61. The van der Waals surface area contributed by atoms with E-state index in [1.165, 1.54) is 5.56 Å². The average Bonchev–Trinajstić information content (AvgIpc) is 2.39. The standard InChI is InChI=1S/C13H22N2O2/c1-3-11-5-4-6-12(9-11)13(15-14)10-17-8-7-16-2/h4-6,9,13,15H,3,7-8,10,14H2,1-2H3. The summed E-state index contributed by atoms with van der Waals surface area (Å²) >= 11 is 0. The average molecular weight is 238 g/mol. The van der Waals surface area contributed by atoms with E-state index in [0.717, 1.165) is 12.0 Å². The van der Waals surface area contributed by atoms with Gasteiger partial charge in [-0.2, -0.15) is 0 Å². The van der Waals surface area contributed by atoms with Crippen molar-refractivity contribution >= 4 is 0 Å². The zero-order valence-corrected chi connectivity index (χ0v) is 10.6. The van der Waals surface area contributed by atoms with Gasteiger partial charge in [-0.25, -0.2) is 0 Å². The Labute approximate surface area is 103 Å². The minimum absolute atomic E-state index is 0.0263. The quantitative estimate of drug-likeness (QED) is 0.408. The van der Waals surface area contributed by atoms with Crippen molar-refractivity contribution in [3.63, 3.8) is 0 Å². The molecule has 0 heterocycles. The summed E-state index contributed by atoms with van der Waals surface area (Å²) in [4.78, 5) is 0. The van der Waals surface area contributed by atoms with E-state index >= 15 is 0 Å². The summed E-state index contributed by atoms with van der Waals surface area (Å²) in [5.41, 5.74) is 5.24. The normalized spacial score (nSPS) is 12.6. The van der Waals surface area contributed by atoms with Gasteiger partial charge in [-0.15, -0.1) is 0 Å². The molecule has 0 saturated heterocycles. The minimum Gasteiger partial charge on any atom is -0.382 e. The van der Waals surface area contributed by atoms with Crippen molar-refractivity contribution in [2.75, 3.05) is 26.9 Å². The van der Waals surface area contributed by atoms with Gasteiger partial charge in [-0.3, -0.25) is 11.3 Å². The number of nitrogens with two attached hydrogens (primary N) is 1. The predicted octanol–water partition coefficient (Wildman–Crippen LogP) is 1.42. The van der Waals surface area contributed by atoms with Crippen LogP contribution in [0, 0.1) is 0 Å². The van der Waals surface area contributed by atoms with Gasteiger partial charge in [0.15, 0.2) is 0 Å². The molecule has 1 aromatic carbocycles. The third-order valence-electron chi connectivity index (χ3n) is 2.68. The van der Waals surface area contributed by atoms with Crippen molar-refractivity contribution in [2.45, 2.75) is 19.4 Å². The summed E-state index contributed by atoms with van der Waals surface area (Å²) in [5, 5.41) is 0. The highest BCUT2D eigenvalue weighted by molar-refractivity contribution is 5.26. The van der Waals surface area contributed by atoms with Gasteiger partial charge in [0.2, 0.25) is 0 Å². The highest BCUT2D eigenvalue weighted by atomic mass is 16.5. The molecule has 0 amide bonds. The Bertz CT molecular complexity index is 318. The molecule has 0 saturated carbocycles. The van der Waals surface area contributed by atoms with Gasteiger partial charge in [0.25, 0.3) is 0 Å². The van der Waals surface area contributed by atoms with Crippen LogP contribution >= 0.6 is 0 Å². The summed E-state index contributed by atoms with van der Waals surface area (Å²) in [7, 11) is 1.66. The van der Waals surface area contributed by atoms with Crippen LogP contribution in [0.4, 0.5) is 0 Å². The molecule has 0 spiro atoms. The van der Waals surface area contributed by atoms with Gasteiger partial charge in [0.05, 0.1) is 25.9 Å². The maximum absolute atomic E-state index is 5.55. The van der Waals surface area contributed by atoms with Crippen LogP contribution in [0.1, 0.15) is 24.1 Å². The van der Waals surface area contributed by atoms with Gasteiger partial charge < -0.3 is 9.47 Å². The van der Waals surface area contributed by atoms with Gasteiger partial charge >= 0.3 is 0 Å². The lowest BCUT2D eigenvalue weighted by Crippen LogP contribution is -2.31. The van der Waals surface area contributed by atoms with Crippen molar-refractivity contribution in [3.8, 4) is 0 Å². The number of methoxy groups -OCH3 is 1. The zero-order chi connectivity index (χ0) is 12.5. The lowest BCUT2D eigenvalue weighted by atomic mass is 10.0. The predicted molar refractivity (Wildman–Crippen MR) is 68.6 cm³/mol. The lowest BCUT2D eigenvalue weighted by molar-refractivity contribution is 0.0586. The van der Waals surface area contributed by atoms with Gasteiger partial charge in [0, 0.05) is 7.11 Å². The van der Waals surface area contributed by atoms with E-state index in [2.05, 4.69) is 30.5 Å². The first-order valence-corrected chi connectivity index (χ1v) is 5.93. The molecule has 4 heteroatoms. The molecule has 17 heavy (non-hydrogen) atoms. The molecule has 0 aliphatic rings. The van der Waals surface area contributed by atoms with Crippen LogP contribution < -0.4 is 11.3 Å². The molecular formula is C13H22N2O2. The number of nitrogens with one attached hydrogen (secondary N) is 1. The zero-order valence-electron chi connectivity index (χ0n) is 10.6. The molecule has 1 unspecified atom stereocenters. The summed E-state index contributed by atoms with van der Waals surface area (Å²) in [6.45, 7) is 3.88. The Kier molecular flexibility index (Phi) is 6.81. The van der Waals surface area contributed by atoms with E-state index in [1.54, 1.807) is 7.11 Å². The number of hydrogen-bond acceptors (Lipinski definition) is 4. The summed E-state index contributed by atoms with van der Waals surface area (Å²) in [5.74, 6) is 5.55. The fourth-order valence-corrected chi connectivity index (χ4v) is 1.61. The van der Waals surface area contributed by atoms with E-state index in [4.69, 9.17) is 15.3 Å². The fraction of sp³-hybridized carbons (Fsp3) is 0.538. The number of ether oxygens (including phenoxy) is 2. The molecule has 0 aliphatic carbocycles. The smallest absolute Gasteiger partial charge is 0.0701 e. The van der Waals surface area contributed by atoms with Crippen LogP contribution in [-0.2, 0) is 15.9 Å². The van der Waals surface area contributed by atoms with Crippen LogP contribution in [-0.4, -0.2) is 26.9 Å². The SMILES string of the molecule is CCc1cccc(C(COCCOC)NN)c1. The number of hydrogen-bond donors (Lipinski definition) is 2. The van der Waals surface area contributed by atoms with E-state index in [-0.39, 0.29) is 6.04 Å². The third kappa shape index (κ3) is 4.83. The molecule has 0 radical (unpaired) electrons. The Morgan fingerprint density at radius 3 is 2.82 bits per heavy atom. The molecular weight excluding hydrogens is 216 g/mol. The Morgan fingerprint density at radius 2 is 2.18 bits per heavy atom. The van der Waals surface area contributed by atoms with Gasteiger partial charge in [-0.05, 0) is 17.5 Å². The molecule has 0 aromatic heterocycles. The first kappa shape index (κ1) is 14.1. The van der Waals surface area contributed by atoms with Crippen LogP contribution in [0.2, 0.25) is 0 Å². The maximum Gasteiger partial charge on any atom is 0.0701 e. The van der Waals surface area contributed by atoms with Crippen LogP contribution in [0.25, 0.3) is 0 Å². The molecule has 0 fully saturated rings. The first-order valence-electron chi connectivity index (χ1n) is 5.93. The number of rotatable bonds is 8. The van der Waals surface area contributed by atoms with Gasteiger partial charge in [-0.1, -0.05) is 31.2 Å². The maximum atomic E-state index is 5.55. The monoisotopic (exact) mass is 238 g/mol. The Balaban J connectivity index is 2.53. The van der Waals surface area contributed by atoms with E-state index in [0.29, 0.717) is 19.8 Å². The van der Waals surface area contributed by atoms with E-state index in [9.17, 15) is 0 Å². The third-order valence-corrected chi connectivity index (χ3v) is 2.68. The second kappa shape index (κ2) is 8.20. The summed E-state index contributed by atoms with van der Waals surface area (Å²) < 4.78 is 10.4. The minimum atomic E-state index is 0.0263. The first-order chi connectivity index (χ1) is 8.31. The molecule has 96 valence electrons. The Hall–Kier alpha value is -0.940. The van der Waals surface area contributed by atoms with Crippen molar-refractivity contribution in [1.82, 2.24) is 5.43 Å². The van der Waals surface area contributed by atoms with Crippen molar-refractivity contribution in [1.29, 1.82) is 0 Å². The van der Waals surface area contributed by atoms with Gasteiger partial charge in [0.1, 0.15) is 0 Å². The Morgan fingerprint density at radius 1 is 1.35 bits per heavy atom. The van der Waals surface area contributed by atoms with Crippen LogP contribution in [0.15, 0.2) is 24.3 Å². The summed E-state index contributed by atoms with van der Waals surface area (Å²) in [6.07, 6.45) is 1.02. The molecule has 3 N–H and O–H groups in total. The molecule has 4 nitrogen and oxygen atoms in total. The second-order valence-corrected chi connectivity index (χ2v) is 3.89. The summed E-state index contributed by atoms with van der Waals surface area (Å²) in [6, 6.07) is 8.41. The molecule has 0 aliphatic heterocycles.